The number of esters is 1. The lowest BCUT2D eigenvalue weighted by Gasteiger charge is -2.28. The molecule has 0 aliphatic rings. The van der Waals surface area contributed by atoms with E-state index < -0.39 is 0 Å². The Kier molecular flexibility index (Phi) is 9.98. The van der Waals surface area contributed by atoms with E-state index >= 15 is 0 Å². The summed E-state index contributed by atoms with van der Waals surface area (Å²) in [4.78, 5) is 14.1. The van der Waals surface area contributed by atoms with E-state index in [1.807, 2.05) is 14.0 Å². The fraction of sp³-hybridized carbons (Fsp3) is 0.929. The van der Waals surface area contributed by atoms with Crippen molar-refractivity contribution in [1.29, 1.82) is 0 Å². The lowest BCUT2D eigenvalue weighted by Crippen LogP contribution is -2.46. The number of likely N-dealkylation sites (N-methyl/N-ethyl adjacent to an activating group) is 2. The summed E-state index contributed by atoms with van der Waals surface area (Å²) in [6.45, 7) is 11.6. The van der Waals surface area contributed by atoms with E-state index in [4.69, 9.17) is 4.74 Å². The number of carbonyl (C=O) groups excluding carboxylic acids is 1. The molecule has 0 aliphatic heterocycles. The van der Waals surface area contributed by atoms with Crippen molar-refractivity contribution in [3.63, 3.8) is 0 Å². The molecule has 1 unspecified atom stereocenters. The Morgan fingerprint density at radius 3 is 2.17 bits per heavy atom. The first kappa shape index (κ1) is 17.4. The standard InChI is InChI=1S/C14H30N2O2/c1-6-12(7-2)10-16(8-3)11-13(15-5)14(17)18-9-4/h12-13,15H,6-11H2,1-5H3. The Labute approximate surface area is 112 Å². The minimum absolute atomic E-state index is 0.150. The zero-order chi connectivity index (χ0) is 14.0. The maximum atomic E-state index is 11.7. The van der Waals surface area contributed by atoms with Crippen LogP contribution in [0, 0.1) is 5.92 Å². The number of hydrogen-bond donors (Lipinski definition) is 1. The van der Waals surface area contributed by atoms with Gasteiger partial charge < -0.3 is 15.0 Å². The van der Waals surface area contributed by atoms with Gasteiger partial charge in [-0.25, -0.2) is 0 Å². The first-order valence-electron chi connectivity index (χ1n) is 7.18. The Morgan fingerprint density at radius 1 is 1.17 bits per heavy atom. The summed E-state index contributed by atoms with van der Waals surface area (Å²) in [5.74, 6) is 0.563. The summed E-state index contributed by atoms with van der Waals surface area (Å²) in [6.07, 6.45) is 2.38. The van der Waals surface area contributed by atoms with Crippen molar-refractivity contribution in [2.24, 2.45) is 5.92 Å². The van der Waals surface area contributed by atoms with Gasteiger partial charge in [-0.15, -0.1) is 0 Å². The van der Waals surface area contributed by atoms with Crippen molar-refractivity contribution in [3.8, 4) is 0 Å². The van der Waals surface area contributed by atoms with Crippen molar-refractivity contribution in [3.05, 3.63) is 0 Å². The topological polar surface area (TPSA) is 41.6 Å². The molecule has 0 aromatic carbocycles. The molecule has 0 saturated carbocycles. The quantitative estimate of drug-likeness (QED) is 0.608. The number of nitrogens with zero attached hydrogens (tertiary/aromatic N) is 1. The maximum absolute atomic E-state index is 11.7. The Morgan fingerprint density at radius 2 is 1.78 bits per heavy atom. The van der Waals surface area contributed by atoms with Gasteiger partial charge in [0.2, 0.25) is 0 Å². The molecule has 0 bridgehead atoms. The third kappa shape index (κ3) is 6.36. The van der Waals surface area contributed by atoms with Crippen molar-refractivity contribution >= 4 is 5.97 Å². The predicted octanol–water partition coefficient (Wildman–Crippen LogP) is 1.90. The first-order valence-corrected chi connectivity index (χ1v) is 7.18. The van der Waals surface area contributed by atoms with Gasteiger partial charge in [-0.2, -0.15) is 0 Å². The number of rotatable bonds is 10. The average Bonchev–Trinajstić information content (AvgIpc) is 2.39. The van der Waals surface area contributed by atoms with E-state index in [1.54, 1.807) is 0 Å². The zero-order valence-corrected chi connectivity index (χ0v) is 12.7. The smallest absolute Gasteiger partial charge is 0.324 e. The molecule has 4 heteroatoms. The predicted molar refractivity (Wildman–Crippen MR) is 75.7 cm³/mol. The highest BCUT2D eigenvalue weighted by Gasteiger charge is 2.21. The molecule has 0 saturated heterocycles. The summed E-state index contributed by atoms with van der Waals surface area (Å²) >= 11 is 0. The van der Waals surface area contributed by atoms with Crippen LogP contribution in [0.1, 0.15) is 40.5 Å². The molecule has 18 heavy (non-hydrogen) atoms. The highest BCUT2D eigenvalue weighted by Crippen LogP contribution is 2.10. The van der Waals surface area contributed by atoms with Crippen molar-refractivity contribution in [2.45, 2.75) is 46.6 Å². The Hall–Kier alpha value is -0.610. The highest BCUT2D eigenvalue weighted by molar-refractivity contribution is 5.76. The van der Waals surface area contributed by atoms with Gasteiger partial charge in [0.25, 0.3) is 0 Å². The molecular formula is C14H30N2O2. The van der Waals surface area contributed by atoms with Crippen LogP contribution in [0.2, 0.25) is 0 Å². The molecule has 1 atom stereocenters. The summed E-state index contributed by atoms with van der Waals surface area (Å²) in [7, 11) is 1.81. The zero-order valence-electron chi connectivity index (χ0n) is 12.7. The third-order valence-electron chi connectivity index (χ3n) is 3.48. The normalized spacial score (nSPS) is 13.1. The average molecular weight is 258 g/mol. The van der Waals surface area contributed by atoms with E-state index in [0.29, 0.717) is 12.5 Å². The lowest BCUT2D eigenvalue weighted by atomic mass is 10.0. The number of carbonyl (C=O) groups is 1. The first-order chi connectivity index (χ1) is 8.62. The second kappa shape index (κ2) is 10.3. The molecule has 0 fully saturated rings. The van der Waals surface area contributed by atoms with E-state index in [-0.39, 0.29) is 12.0 Å². The number of nitrogens with one attached hydrogen (secondary N) is 1. The second-order valence-corrected chi connectivity index (χ2v) is 4.63. The van der Waals surface area contributed by atoms with Crippen LogP contribution < -0.4 is 5.32 Å². The summed E-state index contributed by atoms with van der Waals surface area (Å²) in [5.41, 5.74) is 0. The largest absolute Gasteiger partial charge is 0.465 e. The molecule has 0 rings (SSSR count). The molecule has 0 radical (unpaired) electrons. The van der Waals surface area contributed by atoms with E-state index in [0.717, 1.165) is 19.6 Å². The van der Waals surface area contributed by atoms with Gasteiger partial charge in [-0.1, -0.05) is 33.6 Å². The molecule has 0 aromatic heterocycles. The van der Waals surface area contributed by atoms with Gasteiger partial charge in [-0.05, 0) is 26.4 Å². The molecule has 4 nitrogen and oxygen atoms in total. The minimum Gasteiger partial charge on any atom is -0.465 e. The molecule has 108 valence electrons. The molecule has 0 heterocycles. The molecule has 0 aliphatic carbocycles. The SMILES string of the molecule is CCOC(=O)C(CN(CC)CC(CC)CC)NC. The summed E-state index contributed by atoms with van der Waals surface area (Å²) in [5, 5.41) is 3.04. The Balaban J connectivity index is 4.34. The van der Waals surface area contributed by atoms with Crippen molar-refractivity contribution < 1.29 is 9.53 Å². The summed E-state index contributed by atoms with van der Waals surface area (Å²) < 4.78 is 5.07. The maximum Gasteiger partial charge on any atom is 0.324 e. The van der Waals surface area contributed by atoms with Gasteiger partial charge in [0.05, 0.1) is 6.61 Å². The number of hydrogen-bond acceptors (Lipinski definition) is 4. The Bertz CT molecular complexity index is 218. The molecular weight excluding hydrogens is 228 g/mol. The van der Waals surface area contributed by atoms with Crippen molar-refractivity contribution in [2.75, 3.05) is 33.3 Å². The van der Waals surface area contributed by atoms with Crippen LogP contribution >= 0.6 is 0 Å². The molecule has 0 spiro atoms. The van der Waals surface area contributed by atoms with Crippen LogP contribution in [-0.4, -0.2) is 50.2 Å². The fourth-order valence-corrected chi connectivity index (χ4v) is 2.03. The number of ether oxygens (including phenoxy) is 1. The van der Waals surface area contributed by atoms with Crippen LogP contribution in [-0.2, 0) is 9.53 Å². The summed E-state index contributed by atoms with van der Waals surface area (Å²) in [6, 6.07) is -0.223. The minimum atomic E-state index is -0.223. The van der Waals surface area contributed by atoms with Gasteiger partial charge in [0, 0.05) is 13.1 Å². The lowest BCUT2D eigenvalue weighted by molar-refractivity contribution is -0.146. The van der Waals surface area contributed by atoms with Crippen LogP contribution in [0.15, 0.2) is 0 Å². The molecule has 1 N–H and O–H groups in total. The third-order valence-corrected chi connectivity index (χ3v) is 3.48. The van der Waals surface area contributed by atoms with Crippen LogP contribution in [0.4, 0.5) is 0 Å². The van der Waals surface area contributed by atoms with Gasteiger partial charge in [0.15, 0.2) is 0 Å². The highest BCUT2D eigenvalue weighted by atomic mass is 16.5. The van der Waals surface area contributed by atoms with Gasteiger partial charge in [0.1, 0.15) is 6.04 Å². The van der Waals surface area contributed by atoms with Crippen LogP contribution in [0.25, 0.3) is 0 Å². The molecule has 0 aromatic rings. The van der Waals surface area contributed by atoms with Crippen molar-refractivity contribution in [1.82, 2.24) is 10.2 Å². The second-order valence-electron chi connectivity index (χ2n) is 4.63. The van der Waals surface area contributed by atoms with Gasteiger partial charge in [-0.3, -0.25) is 4.79 Å². The monoisotopic (exact) mass is 258 g/mol. The molecule has 0 amide bonds. The fourth-order valence-electron chi connectivity index (χ4n) is 2.03. The van der Waals surface area contributed by atoms with Crippen LogP contribution in [0.3, 0.4) is 0 Å². The van der Waals surface area contributed by atoms with E-state index in [9.17, 15) is 4.79 Å². The van der Waals surface area contributed by atoms with E-state index in [1.165, 1.54) is 12.8 Å². The van der Waals surface area contributed by atoms with Crippen LogP contribution in [0.5, 0.6) is 0 Å². The van der Waals surface area contributed by atoms with E-state index in [2.05, 4.69) is 31.0 Å². The van der Waals surface area contributed by atoms with Gasteiger partial charge >= 0.3 is 5.97 Å².